The quantitative estimate of drug-likeness (QED) is 0.709. The molecule has 0 aromatic heterocycles. The highest BCUT2D eigenvalue weighted by Gasteiger charge is 2.45. The third kappa shape index (κ3) is 3.07. The highest BCUT2D eigenvalue weighted by molar-refractivity contribution is 6.23. The molecule has 2 saturated heterocycles. The predicted octanol–water partition coefficient (Wildman–Crippen LogP) is 0.257. The van der Waals surface area contributed by atoms with Crippen LogP contribution in [0.4, 0.5) is 0 Å². The first kappa shape index (κ1) is 18.4. The van der Waals surface area contributed by atoms with Gasteiger partial charge in [-0.15, -0.1) is 0 Å². The molecule has 2 bridgehead atoms. The number of amides is 4. The predicted molar refractivity (Wildman–Crippen MR) is 103 cm³/mol. The average molecular weight is 396 g/mol. The zero-order chi connectivity index (χ0) is 20.3. The van der Waals surface area contributed by atoms with E-state index in [1.54, 1.807) is 12.1 Å². The second kappa shape index (κ2) is 6.74. The van der Waals surface area contributed by atoms with E-state index in [0.29, 0.717) is 29.5 Å². The van der Waals surface area contributed by atoms with E-state index < -0.39 is 23.8 Å². The van der Waals surface area contributed by atoms with Crippen molar-refractivity contribution in [1.82, 2.24) is 15.1 Å². The SMILES string of the molecule is NC1CC2CC1CN(Cc1ccc3c(c1)C(=O)N(C1CCC(=O)NC1=O)C3=O)C2. The molecule has 1 aliphatic carbocycles. The summed E-state index contributed by atoms with van der Waals surface area (Å²) in [5.74, 6) is -0.703. The largest absolute Gasteiger partial charge is 0.327 e. The Morgan fingerprint density at radius 1 is 1.03 bits per heavy atom. The fourth-order valence-corrected chi connectivity index (χ4v) is 5.41. The lowest BCUT2D eigenvalue weighted by molar-refractivity contribution is -0.136. The number of carbonyl (C=O) groups is 4. The van der Waals surface area contributed by atoms with Crippen LogP contribution in [0.15, 0.2) is 18.2 Å². The molecule has 29 heavy (non-hydrogen) atoms. The van der Waals surface area contributed by atoms with Gasteiger partial charge in [-0.3, -0.25) is 34.3 Å². The first-order valence-electron chi connectivity index (χ1n) is 10.2. The normalized spacial score (nSPS) is 32.0. The zero-order valence-electron chi connectivity index (χ0n) is 16.1. The van der Waals surface area contributed by atoms with Gasteiger partial charge in [-0.1, -0.05) is 6.07 Å². The van der Waals surface area contributed by atoms with Crippen molar-refractivity contribution >= 4 is 23.6 Å². The van der Waals surface area contributed by atoms with Gasteiger partial charge in [0.05, 0.1) is 11.1 Å². The molecule has 4 aliphatic rings. The number of piperidine rings is 2. The van der Waals surface area contributed by atoms with Crippen molar-refractivity contribution < 1.29 is 19.2 Å². The molecular formula is C21H24N4O4. The maximum Gasteiger partial charge on any atom is 0.262 e. The Morgan fingerprint density at radius 2 is 1.83 bits per heavy atom. The molecular weight excluding hydrogens is 372 g/mol. The van der Waals surface area contributed by atoms with Gasteiger partial charge in [0.2, 0.25) is 11.8 Å². The summed E-state index contributed by atoms with van der Waals surface area (Å²) in [5, 5.41) is 2.22. The maximum absolute atomic E-state index is 12.9. The summed E-state index contributed by atoms with van der Waals surface area (Å²) in [5.41, 5.74) is 7.86. The smallest absolute Gasteiger partial charge is 0.262 e. The van der Waals surface area contributed by atoms with Crippen LogP contribution in [0, 0.1) is 11.8 Å². The topological polar surface area (TPSA) is 113 Å². The van der Waals surface area contributed by atoms with E-state index in [9.17, 15) is 19.2 Å². The number of hydrogen-bond acceptors (Lipinski definition) is 6. The van der Waals surface area contributed by atoms with Crippen LogP contribution in [0.3, 0.4) is 0 Å². The van der Waals surface area contributed by atoms with Crippen molar-refractivity contribution in [2.24, 2.45) is 17.6 Å². The average Bonchev–Trinajstić information content (AvgIpc) is 3.08. The van der Waals surface area contributed by atoms with Crippen molar-refractivity contribution in [3.63, 3.8) is 0 Å². The highest BCUT2D eigenvalue weighted by Crippen LogP contribution is 2.36. The molecule has 5 rings (SSSR count). The lowest BCUT2D eigenvalue weighted by atomic mass is 9.97. The van der Waals surface area contributed by atoms with Crippen molar-refractivity contribution in [1.29, 1.82) is 0 Å². The van der Waals surface area contributed by atoms with E-state index in [2.05, 4.69) is 10.2 Å². The Morgan fingerprint density at radius 3 is 2.59 bits per heavy atom. The molecule has 1 aromatic carbocycles. The molecule has 8 nitrogen and oxygen atoms in total. The molecule has 1 aromatic rings. The van der Waals surface area contributed by atoms with E-state index in [4.69, 9.17) is 5.73 Å². The number of fused-ring (bicyclic) bond motifs is 3. The maximum atomic E-state index is 12.9. The number of nitrogens with zero attached hydrogens (tertiary/aromatic N) is 2. The zero-order valence-corrected chi connectivity index (χ0v) is 16.1. The number of benzene rings is 1. The van der Waals surface area contributed by atoms with Crippen LogP contribution in [-0.4, -0.2) is 58.6 Å². The number of rotatable bonds is 3. The minimum Gasteiger partial charge on any atom is -0.327 e. The van der Waals surface area contributed by atoms with Crippen LogP contribution in [0.5, 0.6) is 0 Å². The van der Waals surface area contributed by atoms with E-state index >= 15 is 0 Å². The standard InChI is InChI=1S/C21H24N4O4/c22-16-7-12-5-13(16)10-24(9-12)8-11-1-2-14-15(6-11)21(29)25(20(14)28)17-3-4-18(26)23-19(17)27/h1-2,6,12-13,16-17H,3-5,7-10,22H2,(H,23,26,27). The Bertz CT molecular complexity index is 927. The van der Waals surface area contributed by atoms with E-state index in [1.807, 2.05) is 6.07 Å². The van der Waals surface area contributed by atoms with Gasteiger partial charge in [0.15, 0.2) is 0 Å². The molecule has 3 aliphatic heterocycles. The van der Waals surface area contributed by atoms with Crippen LogP contribution in [0.2, 0.25) is 0 Å². The van der Waals surface area contributed by atoms with Gasteiger partial charge in [0.1, 0.15) is 6.04 Å². The molecule has 8 heteroatoms. The lowest BCUT2D eigenvalue weighted by Crippen LogP contribution is -2.54. The van der Waals surface area contributed by atoms with E-state index in [1.165, 1.54) is 6.42 Å². The molecule has 0 spiro atoms. The van der Waals surface area contributed by atoms with Gasteiger partial charge in [0, 0.05) is 32.1 Å². The van der Waals surface area contributed by atoms with Gasteiger partial charge in [0.25, 0.3) is 11.8 Å². The fourth-order valence-electron chi connectivity index (χ4n) is 5.41. The first-order valence-corrected chi connectivity index (χ1v) is 10.2. The summed E-state index contributed by atoms with van der Waals surface area (Å²) in [6.45, 7) is 2.69. The van der Waals surface area contributed by atoms with Crippen LogP contribution in [0.1, 0.15) is 52.0 Å². The Hall–Kier alpha value is -2.58. The Balaban J connectivity index is 1.34. The van der Waals surface area contributed by atoms with Gasteiger partial charge in [-0.25, -0.2) is 0 Å². The summed E-state index contributed by atoms with van der Waals surface area (Å²) in [6, 6.07) is 4.70. The molecule has 1 saturated carbocycles. The molecule has 3 heterocycles. The molecule has 4 amide bonds. The van der Waals surface area contributed by atoms with Crippen molar-refractivity contribution in [2.75, 3.05) is 13.1 Å². The van der Waals surface area contributed by atoms with Gasteiger partial charge in [-0.05, 0) is 48.8 Å². The van der Waals surface area contributed by atoms with Gasteiger partial charge >= 0.3 is 0 Å². The van der Waals surface area contributed by atoms with E-state index in [-0.39, 0.29) is 24.8 Å². The molecule has 3 fully saturated rings. The summed E-state index contributed by atoms with van der Waals surface area (Å²) in [6.07, 6.45) is 2.57. The highest BCUT2D eigenvalue weighted by atomic mass is 16.2. The molecule has 3 N–H and O–H groups in total. The van der Waals surface area contributed by atoms with Gasteiger partial charge < -0.3 is 5.73 Å². The lowest BCUT2D eigenvalue weighted by Gasteiger charge is -2.32. The molecule has 4 unspecified atom stereocenters. The monoisotopic (exact) mass is 396 g/mol. The number of nitrogens with one attached hydrogen (secondary N) is 1. The van der Waals surface area contributed by atoms with Crippen molar-refractivity contribution in [3.8, 4) is 0 Å². The van der Waals surface area contributed by atoms with Crippen LogP contribution in [0.25, 0.3) is 0 Å². The third-order valence-electron chi connectivity index (χ3n) is 6.77. The van der Waals surface area contributed by atoms with Crippen molar-refractivity contribution in [2.45, 2.75) is 44.3 Å². The number of carbonyl (C=O) groups excluding carboxylic acids is 4. The number of nitrogens with two attached hydrogens (primary N) is 1. The molecule has 152 valence electrons. The Labute approximate surface area is 168 Å². The summed E-state index contributed by atoms with van der Waals surface area (Å²) in [7, 11) is 0. The summed E-state index contributed by atoms with van der Waals surface area (Å²) < 4.78 is 0. The second-order valence-corrected chi connectivity index (χ2v) is 8.78. The summed E-state index contributed by atoms with van der Waals surface area (Å²) >= 11 is 0. The summed E-state index contributed by atoms with van der Waals surface area (Å²) in [4.78, 5) is 52.7. The Kier molecular flexibility index (Phi) is 4.29. The van der Waals surface area contributed by atoms with Gasteiger partial charge in [-0.2, -0.15) is 0 Å². The minimum absolute atomic E-state index is 0.120. The number of imide groups is 2. The van der Waals surface area contributed by atoms with E-state index in [0.717, 1.165) is 30.0 Å². The van der Waals surface area contributed by atoms with Crippen LogP contribution >= 0.6 is 0 Å². The number of likely N-dealkylation sites (tertiary alicyclic amines) is 1. The molecule has 4 atom stereocenters. The molecule has 0 radical (unpaired) electrons. The fraction of sp³-hybridized carbons (Fsp3) is 0.524. The van der Waals surface area contributed by atoms with Crippen molar-refractivity contribution in [3.05, 3.63) is 34.9 Å². The third-order valence-corrected chi connectivity index (χ3v) is 6.77. The van der Waals surface area contributed by atoms with Crippen LogP contribution < -0.4 is 11.1 Å². The second-order valence-electron chi connectivity index (χ2n) is 8.78. The minimum atomic E-state index is -0.928. The van der Waals surface area contributed by atoms with Crippen LogP contribution in [-0.2, 0) is 16.1 Å². The first-order chi connectivity index (χ1) is 13.9. The number of hydrogen-bond donors (Lipinski definition) is 2.